The van der Waals surface area contributed by atoms with E-state index in [1.54, 1.807) is 6.20 Å². The van der Waals surface area contributed by atoms with Crippen molar-refractivity contribution in [3.05, 3.63) is 21.9 Å². The molecule has 20 heavy (non-hydrogen) atoms. The number of hydrogen-bond donors (Lipinski definition) is 1. The number of nitrogens with zero attached hydrogens (tertiary/aromatic N) is 1. The van der Waals surface area contributed by atoms with Crippen molar-refractivity contribution in [1.82, 2.24) is 4.98 Å². The average molecular weight is 360 g/mol. The fraction of sp³-hybridized carbons (Fsp3) is 0.688. The molecule has 2 nitrogen and oxygen atoms in total. The van der Waals surface area contributed by atoms with Crippen LogP contribution in [0.5, 0.6) is 0 Å². The number of pyridine rings is 1. The molecule has 1 aromatic heterocycles. The maximum atomic E-state index is 6.10. The van der Waals surface area contributed by atoms with Crippen LogP contribution in [-0.2, 0) is 0 Å². The van der Waals surface area contributed by atoms with E-state index in [9.17, 15) is 0 Å². The van der Waals surface area contributed by atoms with Crippen LogP contribution < -0.4 is 5.32 Å². The molecule has 1 saturated carbocycles. The summed E-state index contributed by atoms with van der Waals surface area (Å²) in [4.78, 5) is 4.14. The summed E-state index contributed by atoms with van der Waals surface area (Å²) in [5.74, 6) is 1.62. The van der Waals surface area contributed by atoms with Gasteiger partial charge >= 0.3 is 0 Å². The molecule has 1 heterocycles. The summed E-state index contributed by atoms with van der Waals surface area (Å²) in [7, 11) is 0. The molecule has 0 atom stereocenters. The summed E-state index contributed by atoms with van der Waals surface area (Å²) in [5, 5.41) is 4.00. The van der Waals surface area contributed by atoms with Crippen LogP contribution in [-0.4, -0.2) is 11.5 Å². The lowest BCUT2D eigenvalue weighted by molar-refractivity contribution is 0.153. The predicted molar refractivity (Wildman–Crippen MR) is 90.3 cm³/mol. The van der Waals surface area contributed by atoms with Gasteiger partial charge in [0.15, 0.2) is 5.15 Å². The lowest BCUT2D eigenvalue weighted by Crippen LogP contribution is -2.28. The fourth-order valence-electron chi connectivity index (χ4n) is 3.03. The van der Waals surface area contributed by atoms with Crippen LogP contribution in [0.4, 0.5) is 5.69 Å². The van der Waals surface area contributed by atoms with E-state index >= 15 is 0 Å². The van der Waals surface area contributed by atoms with Crippen molar-refractivity contribution in [3.63, 3.8) is 0 Å². The second-order valence-electron chi connectivity index (χ2n) is 6.96. The van der Waals surface area contributed by atoms with Crippen LogP contribution in [0.1, 0.15) is 46.5 Å². The van der Waals surface area contributed by atoms with Gasteiger partial charge in [0, 0.05) is 17.2 Å². The van der Waals surface area contributed by atoms with Crippen molar-refractivity contribution in [2.45, 2.75) is 46.5 Å². The number of anilines is 1. The average Bonchev–Trinajstić information content (AvgIpc) is 2.39. The zero-order valence-electron chi connectivity index (χ0n) is 12.5. The fourth-order valence-corrected chi connectivity index (χ4v) is 3.53. The molecule has 112 valence electrons. The van der Waals surface area contributed by atoms with Gasteiger partial charge < -0.3 is 5.32 Å². The van der Waals surface area contributed by atoms with E-state index in [-0.39, 0.29) is 0 Å². The number of aromatic nitrogens is 1. The monoisotopic (exact) mass is 358 g/mol. The van der Waals surface area contributed by atoms with E-state index in [2.05, 4.69) is 47.0 Å². The van der Waals surface area contributed by atoms with E-state index in [0.717, 1.165) is 28.5 Å². The Morgan fingerprint density at radius 2 is 1.95 bits per heavy atom. The molecule has 2 rings (SSSR count). The first kappa shape index (κ1) is 16.1. The lowest BCUT2D eigenvalue weighted by atomic mass is 9.70. The molecule has 1 N–H and O–H groups in total. The van der Waals surface area contributed by atoms with Gasteiger partial charge in [-0.2, -0.15) is 0 Å². The Morgan fingerprint density at radius 3 is 2.55 bits per heavy atom. The summed E-state index contributed by atoms with van der Waals surface area (Å²) in [6.45, 7) is 8.09. The second-order valence-corrected chi connectivity index (χ2v) is 8.23. The summed E-state index contributed by atoms with van der Waals surface area (Å²) < 4.78 is 0.959. The molecule has 0 radical (unpaired) electrons. The predicted octanol–water partition coefficient (Wildman–Crippen LogP) is 5.76. The standard InChI is InChI=1S/C16H24BrClN2/c1-16(2,3)12-6-4-11(5-7-12)9-19-14-8-13(17)10-20-15(14)18/h8,10-12,19H,4-7,9H2,1-3H3. The SMILES string of the molecule is CC(C)(C)C1CCC(CNc2cc(Br)cnc2Cl)CC1. The Balaban J connectivity index is 1.83. The molecule has 0 bridgehead atoms. The van der Waals surface area contributed by atoms with Crippen molar-refractivity contribution in [3.8, 4) is 0 Å². The quantitative estimate of drug-likeness (QED) is 0.694. The van der Waals surface area contributed by atoms with Crippen LogP contribution in [0.3, 0.4) is 0 Å². The highest BCUT2D eigenvalue weighted by Gasteiger charge is 2.29. The zero-order chi connectivity index (χ0) is 14.8. The third-order valence-electron chi connectivity index (χ3n) is 4.46. The van der Waals surface area contributed by atoms with Gasteiger partial charge in [0.1, 0.15) is 0 Å². The van der Waals surface area contributed by atoms with E-state index in [4.69, 9.17) is 11.6 Å². The van der Waals surface area contributed by atoms with Crippen molar-refractivity contribution >= 4 is 33.2 Å². The molecule has 4 heteroatoms. The van der Waals surface area contributed by atoms with Gasteiger partial charge in [-0.1, -0.05) is 32.4 Å². The molecule has 1 aromatic rings. The Labute approximate surface area is 135 Å². The largest absolute Gasteiger partial charge is 0.382 e. The van der Waals surface area contributed by atoms with Crippen molar-refractivity contribution in [2.24, 2.45) is 17.3 Å². The number of rotatable bonds is 3. The second kappa shape index (κ2) is 6.65. The highest BCUT2D eigenvalue weighted by molar-refractivity contribution is 9.10. The third kappa shape index (κ3) is 4.36. The van der Waals surface area contributed by atoms with E-state index < -0.39 is 0 Å². The summed E-state index contributed by atoms with van der Waals surface area (Å²) in [6, 6.07) is 2.00. The first-order valence-corrected chi connectivity index (χ1v) is 8.58. The number of halogens is 2. The van der Waals surface area contributed by atoms with Gasteiger partial charge in [-0.05, 0) is 64.9 Å². The molecular formula is C16H24BrClN2. The van der Waals surface area contributed by atoms with Crippen molar-refractivity contribution in [2.75, 3.05) is 11.9 Å². The summed E-state index contributed by atoms with van der Waals surface area (Å²) >= 11 is 9.53. The van der Waals surface area contributed by atoms with Crippen LogP contribution in [0.15, 0.2) is 16.7 Å². The zero-order valence-corrected chi connectivity index (χ0v) is 14.9. The highest BCUT2D eigenvalue weighted by atomic mass is 79.9. The minimum atomic E-state index is 0.454. The van der Waals surface area contributed by atoms with Crippen LogP contribution >= 0.6 is 27.5 Å². The molecule has 0 amide bonds. The molecule has 0 aromatic carbocycles. The normalized spacial score (nSPS) is 23.6. The topological polar surface area (TPSA) is 24.9 Å². The molecule has 0 aliphatic heterocycles. The van der Waals surface area contributed by atoms with Gasteiger partial charge in [0.25, 0.3) is 0 Å². The summed E-state index contributed by atoms with van der Waals surface area (Å²) in [5.41, 5.74) is 1.38. The van der Waals surface area contributed by atoms with E-state index in [1.807, 2.05) is 6.07 Å². The first-order valence-electron chi connectivity index (χ1n) is 7.41. The molecule has 1 aliphatic carbocycles. The van der Waals surface area contributed by atoms with Crippen LogP contribution in [0.25, 0.3) is 0 Å². The van der Waals surface area contributed by atoms with Gasteiger partial charge in [0.2, 0.25) is 0 Å². The van der Waals surface area contributed by atoms with E-state index in [1.165, 1.54) is 25.7 Å². The molecule has 1 aliphatic rings. The minimum absolute atomic E-state index is 0.454. The maximum absolute atomic E-state index is 6.10. The van der Waals surface area contributed by atoms with Crippen LogP contribution in [0, 0.1) is 17.3 Å². The van der Waals surface area contributed by atoms with Gasteiger partial charge in [-0.25, -0.2) is 4.98 Å². The Morgan fingerprint density at radius 1 is 1.30 bits per heavy atom. The van der Waals surface area contributed by atoms with Crippen LogP contribution in [0.2, 0.25) is 5.15 Å². The highest BCUT2D eigenvalue weighted by Crippen LogP contribution is 2.39. The molecule has 0 spiro atoms. The van der Waals surface area contributed by atoms with E-state index in [0.29, 0.717) is 10.6 Å². The molecule has 0 saturated heterocycles. The molecule has 1 fully saturated rings. The van der Waals surface area contributed by atoms with Crippen molar-refractivity contribution < 1.29 is 0 Å². The lowest BCUT2D eigenvalue weighted by Gasteiger charge is -2.37. The third-order valence-corrected chi connectivity index (χ3v) is 5.19. The molecule has 0 unspecified atom stereocenters. The Bertz CT molecular complexity index is 448. The maximum Gasteiger partial charge on any atom is 0.152 e. The minimum Gasteiger partial charge on any atom is -0.382 e. The molecular weight excluding hydrogens is 336 g/mol. The summed E-state index contributed by atoms with van der Waals surface area (Å²) in [6.07, 6.45) is 7.05. The smallest absolute Gasteiger partial charge is 0.152 e. The first-order chi connectivity index (χ1) is 9.36. The van der Waals surface area contributed by atoms with Crippen molar-refractivity contribution in [1.29, 1.82) is 0 Å². The number of nitrogens with one attached hydrogen (secondary N) is 1. The van der Waals surface area contributed by atoms with Gasteiger partial charge in [-0.15, -0.1) is 0 Å². The van der Waals surface area contributed by atoms with Gasteiger partial charge in [0.05, 0.1) is 5.69 Å². The van der Waals surface area contributed by atoms with Gasteiger partial charge in [-0.3, -0.25) is 0 Å². The number of hydrogen-bond acceptors (Lipinski definition) is 2. The Hall–Kier alpha value is -0.280. The Kier molecular flexibility index (Phi) is 5.36.